The molecule has 0 fully saturated rings. The number of H-pyrrole nitrogens is 2. The number of allylic oxidation sites excluding steroid dienone is 8. The number of methoxy groups -OCH3 is 8. The Hall–Kier alpha value is -5.56. The Balaban J connectivity index is 1.33. The van der Waals surface area contributed by atoms with E-state index in [-0.39, 0.29) is 23.7 Å². The Morgan fingerprint density at radius 2 is 0.342 bits per heavy atom. The molecule has 5 aromatic rings. The van der Waals surface area contributed by atoms with Crippen LogP contribution >= 0.6 is 0 Å². The first kappa shape index (κ1) is 98.2. The molecule has 9 rings (SSSR count). The third-order valence-corrected chi connectivity index (χ3v) is 26.4. The van der Waals surface area contributed by atoms with Gasteiger partial charge >= 0.3 is 0 Å². The number of hydrogen-bond acceptors (Lipinski definition) is 14. The van der Waals surface area contributed by atoms with Gasteiger partial charge in [-0.1, -0.05) is 276 Å². The zero-order valence-electron chi connectivity index (χ0n) is 77.1. The van der Waals surface area contributed by atoms with E-state index in [0.29, 0.717) is 0 Å². The average molecular weight is 1660 g/mol. The molecule has 2 N–H and O–H groups in total. The van der Waals surface area contributed by atoms with Crippen LogP contribution in [-0.4, -0.2) is 150 Å². The molecule has 16 heteroatoms. The van der Waals surface area contributed by atoms with Crippen LogP contribution < -0.4 is 0 Å². The summed E-state index contributed by atoms with van der Waals surface area (Å²) < 4.78 is 43.9. The minimum Gasteiger partial charge on any atom is -0.385 e. The second kappa shape index (κ2) is 60.1. The summed E-state index contributed by atoms with van der Waals surface area (Å²) in [5.41, 5.74) is 14.6. The summed E-state index contributed by atoms with van der Waals surface area (Å²) in [6.45, 7) is 6.64. The monoisotopic (exact) mass is 1660 g/mol. The Morgan fingerprint density at radius 3 is 0.508 bits per heavy atom. The van der Waals surface area contributed by atoms with Crippen LogP contribution in [0.15, 0.2) is 70.9 Å². The van der Waals surface area contributed by atoms with E-state index in [1.165, 1.54) is 272 Å². The van der Waals surface area contributed by atoms with Gasteiger partial charge in [0, 0.05) is 131 Å². The molecule has 670 valence electrons. The molecule has 4 atom stereocenters. The number of hydrogen-bond donors (Lipinski definition) is 2. The second-order valence-electron chi connectivity index (χ2n) is 35.8. The minimum absolute atomic E-state index is 0.0841. The predicted molar refractivity (Wildman–Crippen MR) is 500 cm³/mol. The van der Waals surface area contributed by atoms with E-state index in [9.17, 15) is 0 Å². The quantitative estimate of drug-likeness (QED) is 0.0351. The van der Waals surface area contributed by atoms with Crippen molar-refractivity contribution in [2.75, 3.05) is 110 Å². The summed E-state index contributed by atoms with van der Waals surface area (Å²) in [6.07, 6.45) is 74.3. The number of aromatic amines is 2. The summed E-state index contributed by atoms with van der Waals surface area (Å²) in [4.78, 5) is 45.6. The fourth-order valence-electron chi connectivity index (χ4n) is 19.6. The highest BCUT2D eigenvalue weighted by atomic mass is 16.5. The predicted octanol–water partition coefficient (Wildman–Crippen LogP) is 27.3. The van der Waals surface area contributed by atoms with E-state index in [2.05, 4.69) is 58.5 Å². The number of fused-ring (bicyclic) bond motifs is 20. The third-order valence-electron chi connectivity index (χ3n) is 26.4. The van der Waals surface area contributed by atoms with E-state index in [0.717, 1.165) is 253 Å². The average Bonchev–Trinajstić information content (AvgIpc) is 1.58. The Bertz CT molecular complexity index is 3460. The molecule has 4 unspecified atom stereocenters. The minimum atomic E-state index is -0.0841. The highest BCUT2D eigenvalue weighted by Gasteiger charge is 2.43. The van der Waals surface area contributed by atoms with Gasteiger partial charge < -0.3 is 47.9 Å². The fourth-order valence-corrected chi connectivity index (χ4v) is 19.6. The lowest BCUT2D eigenvalue weighted by Crippen LogP contribution is -2.16. The SMILES string of the molecule is COCCCCCCCCC1=CC=C(CCCCCCCCOC)C2c3nc(nc4[nH]c(nc5nc(nc6[nH]c(n3)c3c(CCCCCCCCOC)ccc(CCCCCCCCOC)c63)C3C(CCCCCCCCOC)=CC=C(CCCCCCCCOC)C53)c3c(CCCCCCCCOC)ccc(CCCCCCCCOC)c43)C12. The molecule has 5 heterocycles. The van der Waals surface area contributed by atoms with Gasteiger partial charge in [0.25, 0.3) is 0 Å². The van der Waals surface area contributed by atoms with Crippen molar-refractivity contribution in [3.05, 3.63) is 116 Å². The number of unbranched alkanes of at least 4 members (excludes halogenated alkanes) is 40. The van der Waals surface area contributed by atoms with Crippen molar-refractivity contribution in [2.45, 2.75) is 383 Å². The van der Waals surface area contributed by atoms with Crippen LogP contribution in [0.3, 0.4) is 0 Å². The Morgan fingerprint density at radius 1 is 0.192 bits per heavy atom. The summed E-state index contributed by atoms with van der Waals surface area (Å²) in [6, 6.07) is 9.96. The number of aryl methyl sites for hydroxylation is 4. The fraction of sp³-hybridized carbons (Fsp3) is 0.731. The van der Waals surface area contributed by atoms with Crippen LogP contribution in [0.25, 0.3) is 44.1 Å². The Labute approximate surface area is 727 Å². The summed E-state index contributed by atoms with van der Waals surface area (Å²) >= 11 is 0. The molecule has 2 aliphatic heterocycles. The van der Waals surface area contributed by atoms with Crippen molar-refractivity contribution in [1.29, 1.82) is 0 Å². The molecule has 0 radical (unpaired) electrons. The van der Waals surface area contributed by atoms with Crippen molar-refractivity contribution >= 4 is 44.1 Å². The van der Waals surface area contributed by atoms with Gasteiger partial charge in [-0.3, -0.25) is 0 Å². The lowest BCUT2D eigenvalue weighted by molar-refractivity contribution is 0.192. The third kappa shape index (κ3) is 32.8. The standard InChI is InChI=1S/C104H166N8O8/c1-113-73-49-33-17-9-25-41-57-81-65-66-82(58-42-26-10-18-34-50-74-114-2)90-89(81)97-105-98(90)110-100-93-85(61-45-29-13-21-37-53-77-117-5)69-70-86(62-46-30-14-22-38-54-78-118-6)94(93)102(107-100)112-104-96-88(64-48-32-16-24-40-56-80-120-8)72-71-87(63-47-31-15-23-39-55-79-119-7)95(96)103(108-104)111-101-92-84(60-44-28-12-20-36-52-76-116-4)68-67-83(91(92)99(106-101)109-97)59-43-27-11-19-35-51-75-115-3/h65-72,89-90,95-96H,9-64,73-80H2,1-8H3,(H2,105,106,107,108,109,110,111,112). The number of ether oxygens (including phenoxy) is 8. The number of nitrogens with one attached hydrogen (secondary N) is 2. The van der Waals surface area contributed by atoms with Crippen LogP contribution in [0, 0.1) is 0 Å². The van der Waals surface area contributed by atoms with Gasteiger partial charge in [-0.05, 0) is 176 Å². The van der Waals surface area contributed by atoms with Crippen molar-refractivity contribution in [1.82, 2.24) is 39.9 Å². The highest BCUT2D eigenvalue weighted by Crippen LogP contribution is 2.52. The molecular weight excluding hydrogens is 1490 g/mol. The van der Waals surface area contributed by atoms with Gasteiger partial charge in [-0.2, -0.15) is 0 Å². The summed E-state index contributed by atoms with van der Waals surface area (Å²) in [7, 11) is 14.6. The smallest absolute Gasteiger partial charge is 0.142 e. The van der Waals surface area contributed by atoms with Crippen molar-refractivity contribution < 1.29 is 37.9 Å². The molecule has 0 saturated carbocycles. The van der Waals surface area contributed by atoms with Crippen LogP contribution in [0.4, 0.5) is 0 Å². The zero-order chi connectivity index (χ0) is 84.1. The molecule has 0 saturated heterocycles. The van der Waals surface area contributed by atoms with Crippen molar-refractivity contribution in [3.63, 3.8) is 0 Å². The molecule has 2 aliphatic carbocycles. The molecule has 16 nitrogen and oxygen atoms in total. The number of rotatable bonds is 72. The van der Waals surface area contributed by atoms with Gasteiger partial charge in [0.2, 0.25) is 0 Å². The van der Waals surface area contributed by atoms with E-state index in [1.54, 1.807) is 0 Å². The summed E-state index contributed by atoms with van der Waals surface area (Å²) in [5.74, 6) is 3.16. The topological polar surface area (TPSA) is 183 Å². The molecule has 3 aromatic heterocycles. The molecule has 2 aromatic carbocycles. The molecule has 0 spiro atoms. The second-order valence-corrected chi connectivity index (χ2v) is 35.8. The zero-order valence-corrected chi connectivity index (χ0v) is 77.1. The molecule has 120 heavy (non-hydrogen) atoms. The normalized spacial score (nSPS) is 15.9. The van der Waals surface area contributed by atoms with Gasteiger partial charge in [0.05, 0.1) is 23.7 Å². The van der Waals surface area contributed by atoms with Crippen LogP contribution in [-0.2, 0) is 63.6 Å². The van der Waals surface area contributed by atoms with Crippen LogP contribution in [0.5, 0.6) is 0 Å². The van der Waals surface area contributed by atoms with Crippen molar-refractivity contribution in [3.8, 4) is 0 Å². The number of nitrogens with zero attached hydrogens (tertiary/aromatic N) is 6. The lowest BCUT2D eigenvalue weighted by Gasteiger charge is -2.28. The maximum atomic E-state index is 6.25. The Kier molecular flexibility index (Phi) is 49.2. The van der Waals surface area contributed by atoms with E-state index >= 15 is 0 Å². The van der Waals surface area contributed by atoms with Gasteiger partial charge in [0.1, 0.15) is 45.9 Å². The van der Waals surface area contributed by atoms with Gasteiger partial charge in [-0.15, -0.1) is 0 Å². The van der Waals surface area contributed by atoms with E-state index in [1.807, 2.05) is 56.9 Å². The molecule has 4 aliphatic rings. The largest absolute Gasteiger partial charge is 0.385 e. The molecular formula is C104H166N8O8. The van der Waals surface area contributed by atoms with Gasteiger partial charge in [-0.25, -0.2) is 29.9 Å². The van der Waals surface area contributed by atoms with Crippen molar-refractivity contribution in [2.24, 2.45) is 0 Å². The van der Waals surface area contributed by atoms with Gasteiger partial charge in [0.15, 0.2) is 0 Å². The first-order valence-electron chi connectivity index (χ1n) is 49.2. The first-order valence-corrected chi connectivity index (χ1v) is 49.2. The maximum Gasteiger partial charge on any atom is 0.142 e. The van der Waals surface area contributed by atoms with Crippen LogP contribution in [0.2, 0.25) is 0 Å². The lowest BCUT2D eigenvalue weighted by atomic mass is 9.75. The molecule has 8 bridgehead atoms. The van der Waals surface area contributed by atoms with E-state index < -0.39 is 0 Å². The number of benzene rings is 2. The van der Waals surface area contributed by atoms with E-state index in [4.69, 9.17) is 67.8 Å². The number of aromatic nitrogens is 8. The van der Waals surface area contributed by atoms with Crippen LogP contribution in [0.1, 0.15) is 403 Å². The highest BCUT2D eigenvalue weighted by molar-refractivity contribution is 6.09. The molecule has 0 amide bonds. The first-order chi connectivity index (χ1) is 59.4. The maximum absolute atomic E-state index is 6.25. The summed E-state index contributed by atoms with van der Waals surface area (Å²) in [5, 5.41) is 4.85.